The molecular weight excluding hydrogens is 448 g/mol. The fourth-order valence-corrected chi connectivity index (χ4v) is 3.89. The molecule has 0 saturated heterocycles. The first-order valence-electron chi connectivity index (χ1n) is 11.3. The Morgan fingerprint density at radius 2 is 1.66 bits per heavy atom. The number of ether oxygens (including phenoxy) is 3. The molecule has 0 bridgehead atoms. The molecule has 10 nitrogen and oxygen atoms in total. The summed E-state index contributed by atoms with van der Waals surface area (Å²) in [4.78, 5) is 13.8. The number of phenols is 1. The topological polar surface area (TPSA) is 116 Å². The number of nitrogens with zero attached hydrogens (tertiary/aromatic N) is 4. The highest BCUT2D eigenvalue weighted by atomic mass is 16.5. The van der Waals surface area contributed by atoms with Crippen LogP contribution in [-0.2, 0) is 6.42 Å². The molecule has 4 aromatic rings. The molecule has 35 heavy (non-hydrogen) atoms. The van der Waals surface area contributed by atoms with Crippen LogP contribution in [-0.4, -0.2) is 52.5 Å². The Balaban J connectivity index is 1.65. The first-order chi connectivity index (χ1) is 16.9. The van der Waals surface area contributed by atoms with E-state index in [0.29, 0.717) is 41.1 Å². The minimum absolute atomic E-state index is 0.0873. The van der Waals surface area contributed by atoms with E-state index >= 15 is 0 Å². The maximum atomic E-state index is 9.47. The molecule has 10 heteroatoms. The molecular formula is C25H30N6O4. The molecule has 0 aliphatic rings. The number of fused-ring (bicyclic) bond motifs is 1. The van der Waals surface area contributed by atoms with Crippen molar-refractivity contribution in [2.75, 3.05) is 38.5 Å². The SMILES string of the molecule is COc1cc(Nc2nc3c(NCCc4ccc(O)cc4)ncnc3n2C(C)C)cc(OC)c1OC. The number of anilines is 3. The molecule has 0 aliphatic carbocycles. The number of hydrogen-bond donors (Lipinski definition) is 3. The highest BCUT2D eigenvalue weighted by Gasteiger charge is 2.20. The number of nitrogens with one attached hydrogen (secondary N) is 2. The second-order valence-electron chi connectivity index (χ2n) is 8.18. The van der Waals surface area contributed by atoms with Crippen LogP contribution in [0.15, 0.2) is 42.7 Å². The summed E-state index contributed by atoms with van der Waals surface area (Å²) in [5, 5.41) is 16.2. The molecule has 184 valence electrons. The summed E-state index contributed by atoms with van der Waals surface area (Å²) < 4.78 is 18.4. The molecule has 0 spiro atoms. The number of aromatic hydroxyl groups is 1. The van der Waals surface area contributed by atoms with Gasteiger partial charge in [-0.15, -0.1) is 0 Å². The fourth-order valence-electron chi connectivity index (χ4n) is 3.89. The van der Waals surface area contributed by atoms with Gasteiger partial charge in [0.05, 0.1) is 21.3 Å². The molecule has 2 aromatic carbocycles. The lowest BCUT2D eigenvalue weighted by atomic mass is 10.1. The summed E-state index contributed by atoms with van der Waals surface area (Å²) in [5.74, 6) is 3.12. The molecule has 0 amide bonds. The standard InChI is InChI=1S/C25H30N6O4/c1-15(2)31-24-21(23(27-14-28-24)26-11-10-16-6-8-18(32)9-7-16)30-25(31)29-17-12-19(33-3)22(35-5)20(13-17)34-4/h6-9,12-15,32H,10-11H2,1-5H3,(H,29,30)(H,26,27,28). The van der Waals surface area contributed by atoms with Crippen molar-refractivity contribution in [1.29, 1.82) is 0 Å². The Morgan fingerprint density at radius 3 is 2.26 bits per heavy atom. The number of rotatable bonds is 10. The van der Waals surface area contributed by atoms with Crippen LogP contribution in [0.4, 0.5) is 17.5 Å². The van der Waals surface area contributed by atoms with E-state index < -0.39 is 0 Å². The number of benzene rings is 2. The third-order valence-electron chi connectivity index (χ3n) is 5.56. The maximum Gasteiger partial charge on any atom is 0.210 e. The van der Waals surface area contributed by atoms with Crippen molar-refractivity contribution in [2.45, 2.75) is 26.3 Å². The third kappa shape index (κ3) is 5.01. The molecule has 2 heterocycles. The predicted octanol–water partition coefficient (Wildman–Crippen LogP) is 4.54. The van der Waals surface area contributed by atoms with Crippen molar-refractivity contribution in [3.05, 3.63) is 48.3 Å². The van der Waals surface area contributed by atoms with E-state index in [-0.39, 0.29) is 11.8 Å². The van der Waals surface area contributed by atoms with Crippen LogP contribution in [0.1, 0.15) is 25.5 Å². The van der Waals surface area contributed by atoms with Crippen molar-refractivity contribution in [3.63, 3.8) is 0 Å². The van der Waals surface area contributed by atoms with Gasteiger partial charge in [0, 0.05) is 30.4 Å². The van der Waals surface area contributed by atoms with Gasteiger partial charge in [-0.2, -0.15) is 0 Å². The summed E-state index contributed by atoms with van der Waals surface area (Å²) >= 11 is 0. The highest BCUT2D eigenvalue weighted by molar-refractivity contribution is 5.86. The normalized spacial score (nSPS) is 11.0. The second-order valence-corrected chi connectivity index (χ2v) is 8.18. The van der Waals surface area contributed by atoms with Gasteiger partial charge in [0.1, 0.15) is 12.1 Å². The fraction of sp³-hybridized carbons (Fsp3) is 0.320. The lowest BCUT2D eigenvalue weighted by Gasteiger charge is -2.16. The zero-order valence-electron chi connectivity index (χ0n) is 20.5. The van der Waals surface area contributed by atoms with E-state index in [4.69, 9.17) is 19.2 Å². The van der Waals surface area contributed by atoms with Gasteiger partial charge in [0.2, 0.25) is 11.7 Å². The van der Waals surface area contributed by atoms with Gasteiger partial charge in [-0.25, -0.2) is 15.0 Å². The average Bonchev–Trinajstić information content (AvgIpc) is 3.23. The van der Waals surface area contributed by atoms with Crippen LogP contribution in [0.25, 0.3) is 11.2 Å². The summed E-state index contributed by atoms with van der Waals surface area (Å²) in [6.45, 7) is 4.80. The number of hydrogen-bond acceptors (Lipinski definition) is 9. The van der Waals surface area contributed by atoms with Crippen molar-refractivity contribution in [2.24, 2.45) is 0 Å². The molecule has 4 rings (SSSR count). The third-order valence-corrected chi connectivity index (χ3v) is 5.56. The van der Waals surface area contributed by atoms with E-state index in [1.807, 2.05) is 28.8 Å². The molecule has 0 radical (unpaired) electrons. The molecule has 0 aliphatic heterocycles. The smallest absolute Gasteiger partial charge is 0.210 e. The van der Waals surface area contributed by atoms with Gasteiger partial charge < -0.3 is 30.0 Å². The van der Waals surface area contributed by atoms with Gasteiger partial charge in [0.15, 0.2) is 28.5 Å². The number of imidazole rings is 1. The van der Waals surface area contributed by atoms with Gasteiger partial charge in [-0.3, -0.25) is 4.57 Å². The Labute approximate surface area is 203 Å². The van der Waals surface area contributed by atoms with E-state index in [1.165, 1.54) is 6.33 Å². The summed E-state index contributed by atoms with van der Waals surface area (Å²) in [5.41, 5.74) is 3.23. The van der Waals surface area contributed by atoms with E-state index in [9.17, 15) is 5.11 Å². The zero-order chi connectivity index (χ0) is 24.9. The average molecular weight is 479 g/mol. The number of methoxy groups -OCH3 is 3. The maximum absolute atomic E-state index is 9.47. The number of phenolic OH excluding ortho intramolecular Hbond substituents is 1. The van der Waals surface area contributed by atoms with Crippen molar-refractivity contribution in [3.8, 4) is 23.0 Å². The second kappa shape index (κ2) is 10.4. The molecule has 3 N–H and O–H groups in total. The lowest BCUT2D eigenvalue weighted by Crippen LogP contribution is -2.08. The molecule has 0 atom stereocenters. The van der Waals surface area contributed by atoms with Crippen LogP contribution in [0.3, 0.4) is 0 Å². The summed E-state index contributed by atoms with van der Waals surface area (Å²) in [6.07, 6.45) is 2.31. The summed E-state index contributed by atoms with van der Waals surface area (Å²) in [6, 6.07) is 10.9. The molecule has 0 saturated carbocycles. The van der Waals surface area contributed by atoms with Crippen LogP contribution in [0.2, 0.25) is 0 Å². The van der Waals surface area contributed by atoms with Crippen LogP contribution in [0, 0.1) is 0 Å². The van der Waals surface area contributed by atoms with Gasteiger partial charge in [0.25, 0.3) is 0 Å². The Morgan fingerprint density at radius 1 is 0.971 bits per heavy atom. The Bertz CT molecular complexity index is 1280. The van der Waals surface area contributed by atoms with Crippen LogP contribution in [0.5, 0.6) is 23.0 Å². The molecule has 0 fully saturated rings. The van der Waals surface area contributed by atoms with E-state index in [1.54, 1.807) is 33.5 Å². The van der Waals surface area contributed by atoms with Gasteiger partial charge in [-0.05, 0) is 38.0 Å². The van der Waals surface area contributed by atoms with Crippen molar-refractivity contribution < 1.29 is 19.3 Å². The first-order valence-corrected chi connectivity index (χ1v) is 11.3. The van der Waals surface area contributed by atoms with Crippen molar-refractivity contribution >= 4 is 28.6 Å². The van der Waals surface area contributed by atoms with Crippen molar-refractivity contribution in [1.82, 2.24) is 19.5 Å². The summed E-state index contributed by atoms with van der Waals surface area (Å²) in [7, 11) is 4.73. The minimum Gasteiger partial charge on any atom is -0.508 e. The lowest BCUT2D eigenvalue weighted by molar-refractivity contribution is 0.324. The molecule has 0 unspecified atom stereocenters. The van der Waals surface area contributed by atoms with Crippen LogP contribution >= 0.6 is 0 Å². The first kappa shape index (κ1) is 23.9. The van der Waals surface area contributed by atoms with Gasteiger partial charge >= 0.3 is 0 Å². The monoisotopic (exact) mass is 478 g/mol. The quantitative estimate of drug-likeness (QED) is 0.302. The molecule has 2 aromatic heterocycles. The Hall–Kier alpha value is -4.21. The van der Waals surface area contributed by atoms with Crippen LogP contribution < -0.4 is 24.8 Å². The van der Waals surface area contributed by atoms with E-state index in [2.05, 4.69) is 34.4 Å². The highest BCUT2D eigenvalue weighted by Crippen LogP contribution is 2.41. The Kier molecular flexibility index (Phi) is 7.09. The zero-order valence-corrected chi connectivity index (χ0v) is 20.5. The van der Waals surface area contributed by atoms with Gasteiger partial charge in [-0.1, -0.05) is 12.1 Å². The minimum atomic E-state index is 0.0873. The van der Waals surface area contributed by atoms with E-state index in [0.717, 1.165) is 23.3 Å². The number of aromatic nitrogens is 4. The largest absolute Gasteiger partial charge is 0.508 e. The predicted molar refractivity (Wildman–Crippen MR) is 135 cm³/mol.